The molecule has 1 N–H and O–H groups in total. The van der Waals surface area contributed by atoms with Crippen LogP contribution in [-0.2, 0) is 0 Å². The summed E-state index contributed by atoms with van der Waals surface area (Å²) in [4.78, 5) is 21.8. The summed E-state index contributed by atoms with van der Waals surface area (Å²) in [6.45, 7) is 4.26. The highest BCUT2D eigenvalue weighted by atomic mass is 35.5. The van der Waals surface area contributed by atoms with Crippen LogP contribution in [0.2, 0.25) is 0 Å². The molecule has 116 valence electrons. The number of benzene rings is 1. The molecule has 0 saturated carbocycles. The normalized spacial score (nSPS) is 12.2. The van der Waals surface area contributed by atoms with Crippen molar-refractivity contribution in [2.24, 2.45) is 5.92 Å². The van der Waals surface area contributed by atoms with Crippen LogP contribution < -0.4 is 5.32 Å². The number of amides is 1. The van der Waals surface area contributed by atoms with Gasteiger partial charge in [0.05, 0.1) is 16.4 Å². The van der Waals surface area contributed by atoms with Crippen molar-refractivity contribution in [2.45, 2.75) is 32.1 Å². The highest BCUT2D eigenvalue weighted by molar-refractivity contribution is 6.21. The predicted molar refractivity (Wildman–Crippen MR) is 79.1 cm³/mol. The van der Waals surface area contributed by atoms with E-state index in [0.717, 1.165) is 31.0 Å². The summed E-state index contributed by atoms with van der Waals surface area (Å²) in [5, 5.41) is 13.0. The Hall–Kier alpha value is -1.69. The summed E-state index contributed by atoms with van der Waals surface area (Å²) < 4.78 is 13.3. The van der Waals surface area contributed by atoms with Crippen molar-refractivity contribution in [3.63, 3.8) is 0 Å². The molecule has 1 atom stereocenters. The van der Waals surface area contributed by atoms with E-state index >= 15 is 0 Å². The van der Waals surface area contributed by atoms with Gasteiger partial charge in [-0.25, -0.2) is 4.39 Å². The highest BCUT2D eigenvalue weighted by Crippen LogP contribution is 2.19. The third-order valence-electron chi connectivity index (χ3n) is 3.37. The van der Waals surface area contributed by atoms with E-state index in [4.69, 9.17) is 11.6 Å². The van der Waals surface area contributed by atoms with E-state index in [-0.39, 0.29) is 23.4 Å². The average Bonchev–Trinajstić information content (AvgIpc) is 2.45. The molecule has 7 heteroatoms. The molecule has 1 unspecified atom stereocenters. The van der Waals surface area contributed by atoms with Crippen LogP contribution in [0, 0.1) is 21.8 Å². The molecule has 0 saturated heterocycles. The van der Waals surface area contributed by atoms with Crippen molar-refractivity contribution in [2.75, 3.05) is 6.54 Å². The first kappa shape index (κ1) is 17.4. The van der Waals surface area contributed by atoms with E-state index < -0.39 is 22.3 Å². The van der Waals surface area contributed by atoms with Crippen LogP contribution in [0.25, 0.3) is 0 Å². The smallest absolute Gasteiger partial charge is 0.273 e. The van der Waals surface area contributed by atoms with Gasteiger partial charge in [0.2, 0.25) is 0 Å². The van der Waals surface area contributed by atoms with E-state index in [1.54, 1.807) is 0 Å². The molecule has 1 aromatic carbocycles. The molecular formula is C14H18ClFN2O3. The number of carbonyl (C=O) groups excluding carboxylic acids is 1. The van der Waals surface area contributed by atoms with Crippen molar-refractivity contribution < 1.29 is 14.1 Å². The summed E-state index contributed by atoms with van der Waals surface area (Å²) in [6.07, 6.45) is 1.79. The number of hydrogen-bond donors (Lipinski definition) is 1. The van der Waals surface area contributed by atoms with Gasteiger partial charge in [-0.05, 0) is 12.0 Å². The third kappa shape index (κ3) is 4.97. The number of carbonyl (C=O) groups is 1. The Bertz CT molecular complexity index is 521. The molecule has 0 spiro atoms. The number of nitro groups is 1. The van der Waals surface area contributed by atoms with Crippen LogP contribution in [-0.4, -0.2) is 22.8 Å². The second-order valence-electron chi connectivity index (χ2n) is 4.76. The highest BCUT2D eigenvalue weighted by Gasteiger charge is 2.18. The van der Waals surface area contributed by atoms with Crippen LogP contribution in [0.15, 0.2) is 18.2 Å². The Morgan fingerprint density at radius 2 is 2.00 bits per heavy atom. The number of alkyl halides is 1. The van der Waals surface area contributed by atoms with Gasteiger partial charge in [-0.1, -0.05) is 26.7 Å². The minimum Gasteiger partial charge on any atom is -0.351 e. The Labute approximate surface area is 127 Å². The second-order valence-corrected chi connectivity index (χ2v) is 5.32. The zero-order valence-corrected chi connectivity index (χ0v) is 12.7. The van der Waals surface area contributed by atoms with Gasteiger partial charge in [0.25, 0.3) is 11.6 Å². The van der Waals surface area contributed by atoms with Gasteiger partial charge >= 0.3 is 0 Å². The number of nitrogens with zero attached hydrogens (tertiary/aromatic N) is 1. The first-order valence-electron chi connectivity index (χ1n) is 6.76. The lowest BCUT2D eigenvalue weighted by atomic mass is 9.99. The van der Waals surface area contributed by atoms with E-state index in [9.17, 15) is 19.3 Å². The molecule has 0 aromatic heterocycles. The van der Waals surface area contributed by atoms with Crippen molar-refractivity contribution in [3.8, 4) is 0 Å². The van der Waals surface area contributed by atoms with Crippen molar-refractivity contribution in [1.29, 1.82) is 0 Å². The standard InChI is InChI=1S/C14H18ClFN2O3/c1-3-9(4-2)13(15)8-17-14(19)10-5-11(16)7-12(6-10)18(20)21/h5-7,9,13H,3-4,8H2,1-2H3,(H,17,19). The molecule has 0 fully saturated rings. The zero-order valence-electron chi connectivity index (χ0n) is 11.9. The lowest BCUT2D eigenvalue weighted by Gasteiger charge is -2.19. The van der Waals surface area contributed by atoms with E-state index in [1.807, 2.05) is 13.8 Å². The van der Waals surface area contributed by atoms with Gasteiger partial charge in [0, 0.05) is 18.2 Å². The fourth-order valence-electron chi connectivity index (χ4n) is 2.07. The number of rotatable bonds is 7. The quantitative estimate of drug-likeness (QED) is 0.475. The molecule has 21 heavy (non-hydrogen) atoms. The minimum absolute atomic E-state index is 0.0879. The molecular weight excluding hydrogens is 299 g/mol. The molecule has 0 bridgehead atoms. The average molecular weight is 317 g/mol. The van der Waals surface area contributed by atoms with Crippen molar-refractivity contribution in [3.05, 3.63) is 39.7 Å². The zero-order chi connectivity index (χ0) is 16.0. The number of halogens is 2. The summed E-state index contributed by atoms with van der Waals surface area (Å²) in [5.41, 5.74) is -0.544. The van der Waals surface area contributed by atoms with Crippen LogP contribution in [0.1, 0.15) is 37.0 Å². The van der Waals surface area contributed by atoms with Crippen molar-refractivity contribution in [1.82, 2.24) is 5.32 Å². The van der Waals surface area contributed by atoms with E-state index in [1.165, 1.54) is 0 Å². The topological polar surface area (TPSA) is 72.2 Å². The minimum atomic E-state index is -0.822. The number of nitrogens with one attached hydrogen (secondary N) is 1. The lowest BCUT2D eigenvalue weighted by Crippen LogP contribution is -2.33. The van der Waals surface area contributed by atoms with Crippen molar-refractivity contribution >= 4 is 23.2 Å². The number of nitro benzene ring substituents is 1. The van der Waals surface area contributed by atoms with Crippen LogP contribution in [0.4, 0.5) is 10.1 Å². The van der Waals surface area contributed by atoms with Gasteiger partial charge in [0.15, 0.2) is 0 Å². The molecule has 0 aliphatic carbocycles. The number of hydrogen-bond acceptors (Lipinski definition) is 3. The van der Waals surface area contributed by atoms with Crippen LogP contribution >= 0.6 is 11.6 Å². The molecule has 0 radical (unpaired) electrons. The molecule has 1 amide bonds. The molecule has 0 heterocycles. The third-order valence-corrected chi connectivity index (χ3v) is 3.88. The molecule has 1 rings (SSSR count). The van der Waals surface area contributed by atoms with Crippen LogP contribution in [0.5, 0.6) is 0 Å². The number of non-ortho nitro benzene ring substituents is 1. The fraction of sp³-hybridized carbons (Fsp3) is 0.500. The summed E-state index contributed by atoms with van der Waals surface area (Å²) in [6, 6.07) is 2.77. The second kappa shape index (κ2) is 7.93. The maximum Gasteiger partial charge on any atom is 0.273 e. The monoisotopic (exact) mass is 316 g/mol. The van der Waals surface area contributed by atoms with Gasteiger partial charge in [-0.2, -0.15) is 0 Å². The largest absolute Gasteiger partial charge is 0.351 e. The molecule has 0 aliphatic rings. The summed E-state index contributed by atoms with van der Waals surface area (Å²) >= 11 is 6.19. The molecule has 1 aromatic rings. The Balaban J connectivity index is 2.74. The predicted octanol–water partition coefficient (Wildman–Crippen LogP) is 3.51. The first-order chi connectivity index (χ1) is 9.88. The van der Waals surface area contributed by atoms with Crippen LogP contribution in [0.3, 0.4) is 0 Å². The van der Waals surface area contributed by atoms with E-state index in [0.29, 0.717) is 0 Å². The lowest BCUT2D eigenvalue weighted by molar-refractivity contribution is -0.385. The van der Waals surface area contributed by atoms with Gasteiger partial charge in [-0.15, -0.1) is 11.6 Å². The Morgan fingerprint density at radius 1 is 1.38 bits per heavy atom. The molecule has 5 nitrogen and oxygen atoms in total. The van der Waals surface area contributed by atoms with Gasteiger partial charge in [0.1, 0.15) is 5.82 Å². The Kier molecular flexibility index (Phi) is 6.55. The molecule has 0 aliphatic heterocycles. The maximum atomic E-state index is 13.3. The van der Waals surface area contributed by atoms with Gasteiger partial charge < -0.3 is 5.32 Å². The fourth-order valence-corrected chi connectivity index (χ4v) is 2.50. The van der Waals surface area contributed by atoms with Gasteiger partial charge in [-0.3, -0.25) is 14.9 Å². The summed E-state index contributed by atoms with van der Waals surface area (Å²) in [5.74, 6) is -1.13. The maximum absolute atomic E-state index is 13.3. The SMILES string of the molecule is CCC(CC)C(Cl)CNC(=O)c1cc(F)cc([N+](=O)[O-])c1. The first-order valence-corrected chi connectivity index (χ1v) is 7.19. The summed E-state index contributed by atoms with van der Waals surface area (Å²) in [7, 11) is 0. The Morgan fingerprint density at radius 3 is 2.52 bits per heavy atom. The van der Waals surface area contributed by atoms with E-state index in [2.05, 4.69) is 5.32 Å².